The first-order valence-corrected chi connectivity index (χ1v) is 9.17. The number of rotatable bonds is 6. The Morgan fingerprint density at radius 3 is 2.67 bits per heavy atom. The van der Waals surface area contributed by atoms with Gasteiger partial charge in [-0.3, -0.25) is 9.59 Å². The molecule has 2 aromatic carbocycles. The molecule has 3 rings (SSSR count). The van der Waals surface area contributed by atoms with E-state index in [2.05, 4.69) is 10.3 Å². The number of hydrogen-bond acceptors (Lipinski definition) is 5. The molecule has 0 radical (unpaired) electrons. The zero-order chi connectivity index (χ0) is 19.4. The topological polar surface area (TPSA) is 94.3 Å². The number of amides is 2. The van der Waals surface area contributed by atoms with E-state index < -0.39 is 5.91 Å². The van der Waals surface area contributed by atoms with Crippen LogP contribution < -0.4 is 15.8 Å². The molecule has 27 heavy (non-hydrogen) atoms. The van der Waals surface area contributed by atoms with Crippen molar-refractivity contribution in [2.24, 2.45) is 5.73 Å². The summed E-state index contributed by atoms with van der Waals surface area (Å²) in [5.41, 5.74) is 6.68. The number of benzene rings is 2. The number of aryl methyl sites for hydroxylation is 1. The Balaban J connectivity index is 1.68. The van der Waals surface area contributed by atoms with Gasteiger partial charge in [0, 0.05) is 16.3 Å². The molecule has 0 spiro atoms. The molecule has 0 unspecified atom stereocenters. The standard InChI is InChI=1S/C19H16ClN3O3S/c1-11-17(19(25)23-14-4-2-3-12(9-14)18(21)24)27-16(22-11)10-26-15-7-5-13(20)6-8-15/h2-9H,10H2,1H3,(H2,21,24)(H,23,25). The van der Waals surface area contributed by atoms with Gasteiger partial charge in [-0.2, -0.15) is 0 Å². The van der Waals surface area contributed by atoms with Crippen LogP contribution in [0.25, 0.3) is 0 Å². The highest BCUT2D eigenvalue weighted by Crippen LogP contribution is 2.23. The number of aromatic nitrogens is 1. The molecule has 0 aliphatic rings. The molecule has 6 nitrogen and oxygen atoms in total. The predicted octanol–water partition coefficient (Wildman–Crippen LogP) is 4.04. The van der Waals surface area contributed by atoms with Gasteiger partial charge in [-0.25, -0.2) is 4.98 Å². The first-order valence-electron chi connectivity index (χ1n) is 7.98. The van der Waals surface area contributed by atoms with Crippen LogP contribution in [0.4, 0.5) is 5.69 Å². The molecule has 0 saturated heterocycles. The SMILES string of the molecule is Cc1nc(COc2ccc(Cl)cc2)sc1C(=O)Nc1cccc(C(N)=O)c1. The average molecular weight is 402 g/mol. The number of hydrogen-bond donors (Lipinski definition) is 2. The molecule has 3 aromatic rings. The molecule has 138 valence electrons. The van der Waals surface area contributed by atoms with Crippen molar-refractivity contribution in [1.82, 2.24) is 4.98 Å². The fourth-order valence-electron chi connectivity index (χ4n) is 2.34. The van der Waals surface area contributed by atoms with Crippen molar-refractivity contribution in [3.05, 3.63) is 74.7 Å². The lowest BCUT2D eigenvalue weighted by Crippen LogP contribution is -2.14. The summed E-state index contributed by atoms with van der Waals surface area (Å²) in [6.07, 6.45) is 0. The maximum atomic E-state index is 12.5. The van der Waals surface area contributed by atoms with Gasteiger partial charge in [0.1, 0.15) is 22.2 Å². The summed E-state index contributed by atoms with van der Waals surface area (Å²) in [5, 5.41) is 4.07. The highest BCUT2D eigenvalue weighted by atomic mass is 35.5. The van der Waals surface area contributed by atoms with E-state index in [1.807, 2.05) is 0 Å². The minimum atomic E-state index is -0.554. The number of nitrogens with one attached hydrogen (secondary N) is 1. The number of thiazole rings is 1. The summed E-state index contributed by atoms with van der Waals surface area (Å²) < 4.78 is 5.66. The van der Waals surface area contributed by atoms with E-state index >= 15 is 0 Å². The average Bonchev–Trinajstić information content (AvgIpc) is 3.02. The lowest BCUT2D eigenvalue weighted by molar-refractivity contribution is 0.0996. The van der Waals surface area contributed by atoms with Crippen LogP contribution in [0.3, 0.4) is 0 Å². The smallest absolute Gasteiger partial charge is 0.267 e. The third-order valence-corrected chi connectivity index (χ3v) is 5.01. The predicted molar refractivity (Wildman–Crippen MR) is 106 cm³/mol. The van der Waals surface area contributed by atoms with Gasteiger partial charge in [-0.1, -0.05) is 17.7 Å². The van der Waals surface area contributed by atoms with Gasteiger partial charge in [0.2, 0.25) is 5.91 Å². The molecule has 0 saturated carbocycles. The molecule has 0 atom stereocenters. The fraction of sp³-hybridized carbons (Fsp3) is 0.105. The number of halogens is 1. The van der Waals surface area contributed by atoms with Gasteiger partial charge < -0.3 is 15.8 Å². The maximum Gasteiger partial charge on any atom is 0.267 e. The molecule has 1 heterocycles. The Hall–Kier alpha value is -2.90. The molecule has 8 heteroatoms. The molecule has 0 fully saturated rings. The third-order valence-electron chi connectivity index (χ3n) is 3.63. The van der Waals surface area contributed by atoms with Gasteiger partial charge in [0.25, 0.3) is 5.91 Å². The quantitative estimate of drug-likeness (QED) is 0.651. The van der Waals surface area contributed by atoms with Crippen LogP contribution in [0.2, 0.25) is 5.02 Å². The number of carbonyl (C=O) groups is 2. The molecule has 0 bridgehead atoms. The van der Waals surface area contributed by atoms with Crippen molar-refractivity contribution in [3.8, 4) is 5.75 Å². The second-order valence-electron chi connectivity index (χ2n) is 5.66. The van der Waals surface area contributed by atoms with Gasteiger partial charge >= 0.3 is 0 Å². The second-order valence-corrected chi connectivity index (χ2v) is 7.18. The van der Waals surface area contributed by atoms with Crippen LogP contribution in [0.5, 0.6) is 5.75 Å². The van der Waals surface area contributed by atoms with Crippen molar-refractivity contribution in [3.63, 3.8) is 0 Å². The fourth-order valence-corrected chi connectivity index (χ4v) is 3.34. The summed E-state index contributed by atoms with van der Waals surface area (Å²) in [6, 6.07) is 13.5. The van der Waals surface area contributed by atoms with Gasteiger partial charge in [0.05, 0.1) is 5.69 Å². The van der Waals surface area contributed by atoms with E-state index in [0.717, 1.165) is 0 Å². The Morgan fingerprint density at radius 2 is 1.96 bits per heavy atom. The first-order chi connectivity index (χ1) is 12.9. The van der Waals surface area contributed by atoms with E-state index in [4.69, 9.17) is 22.1 Å². The Bertz CT molecular complexity index is 986. The zero-order valence-corrected chi connectivity index (χ0v) is 15.9. The number of ether oxygens (including phenoxy) is 1. The number of carbonyl (C=O) groups excluding carboxylic acids is 2. The number of nitrogens with two attached hydrogens (primary N) is 1. The van der Waals surface area contributed by atoms with Crippen LogP contribution in [-0.4, -0.2) is 16.8 Å². The van der Waals surface area contributed by atoms with Gasteiger partial charge in [-0.05, 0) is 49.4 Å². The van der Waals surface area contributed by atoms with E-state index in [-0.39, 0.29) is 12.5 Å². The lowest BCUT2D eigenvalue weighted by atomic mass is 10.2. The van der Waals surface area contributed by atoms with E-state index in [1.54, 1.807) is 49.4 Å². The minimum Gasteiger partial charge on any atom is -0.486 e. The monoisotopic (exact) mass is 401 g/mol. The molecule has 0 aliphatic carbocycles. The van der Waals surface area contributed by atoms with E-state index in [9.17, 15) is 9.59 Å². The Morgan fingerprint density at radius 1 is 1.22 bits per heavy atom. The molecule has 2 amide bonds. The zero-order valence-electron chi connectivity index (χ0n) is 14.4. The summed E-state index contributed by atoms with van der Waals surface area (Å²) in [4.78, 5) is 28.6. The van der Waals surface area contributed by atoms with Crippen molar-refractivity contribution < 1.29 is 14.3 Å². The Labute approximate surface area is 164 Å². The molecule has 0 aliphatic heterocycles. The van der Waals surface area contributed by atoms with Crippen molar-refractivity contribution in [2.45, 2.75) is 13.5 Å². The molecular weight excluding hydrogens is 386 g/mol. The second kappa shape index (κ2) is 8.20. The first kappa shape index (κ1) is 18.9. The van der Waals surface area contributed by atoms with E-state index in [0.29, 0.717) is 37.6 Å². The van der Waals surface area contributed by atoms with Crippen LogP contribution >= 0.6 is 22.9 Å². The summed E-state index contributed by atoms with van der Waals surface area (Å²) >= 11 is 7.10. The minimum absolute atomic E-state index is 0.248. The van der Waals surface area contributed by atoms with Crippen molar-refractivity contribution in [1.29, 1.82) is 0 Å². The van der Waals surface area contributed by atoms with Crippen molar-refractivity contribution in [2.75, 3.05) is 5.32 Å². The summed E-state index contributed by atoms with van der Waals surface area (Å²) in [5.74, 6) is -0.187. The molecular formula is C19H16ClN3O3S. The number of nitrogens with zero attached hydrogens (tertiary/aromatic N) is 1. The molecule has 3 N–H and O–H groups in total. The van der Waals surface area contributed by atoms with Crippen LogP contribution in [0.1, 0.15) is 30.7 Å². The van der Waals surface area contributed by atoms with Crippen molar-refractivity contribution >= 4 is 40.4 Å². The lowest BCUT2D eigenvalue weighted by Gasteiger charge is -2.05. The van der Waals surface area contributed by atoms with E-state index in [1.165, 1.54) is 17.4 Å². The summed E-state index contributed by atoms with van der Waals surface area (Å²) in [7, 11) is 0. The van der Waals surface area contributed by atoms with Crippen LogP contribution in [-0.2, 0) is 6.61 Å². The third kappa shape index (κ3) is 4.84. The van der Waals surface area contributed by atoms with Crippen LogP contribution in [0, 0.1) is 6.92 Å². The molecule has 1 aromatic heterocycles. The van der Waals surface area contributed by atoms with Gasteiger partial charge in [-0.15, -0.1) is 11.3 Å². The number of anilines is 1. The van der Waals surface area contributed by atoms with Crippen LogP contribution in [0.15, 0.2) is 48.5 Å². The summed E-state index contributed by atoms with van der Waals surface area (Å²) in [6.45, 7) is 2.01. The normalized spacial score (nSPS) is 10.4. The largest absolute Gasteiger partial charge is 0.486 e. The van der Waals surface area contributed by atoms with Gasteiger partial charge in [0.15, 0.2) is 0 Å². The number of primary amides is 1. The maximum absolute atomic E-state index is 12.5. The highest BCUT2D eigenvalue weighted by molar-refractivity contribution is 7.13. The highest BCUT2D eigenvalue weighted by Gasteiger charge is 2.16. The Kier molecular flexibility index (Phi) is 5.73.